The highest BCUT2D eigenvalue weighted by atomic mass is 32.2. The second-order valence-electron chi connectivity index (χ2n) is 4.13. The van der Waals surface area contributed by atoms with E-state index in [2.05, 4.69) is 4.72 Å². The minimum absolute atomic E-state index is 0.165. The summed E-state index contributed by atoms with van der Waals surface area (Å²) in [5.74, 6) is 0.727. The number of nitrogens with two attached hydrogens (primary N) is 1. The molecule has 1 aliphatic carbocycles. The van der Waals surface area contributed by atoms with Crippen molar-refractivity contribution < 1.29 is 8.42 Å². The van der Waals surface area contributed by atoms with Crippen molar-refractivity contribution >= 4 is 27.5 Å². The Bertz CT molecular complexity index is 467. The summed E-state index contributed by atoms with van der Waals surface area (Å²) in [6, 6.07) is 7.64. The number of thioether (sulfide) groups is 1. The van der Waals surface area contributed by atoms with Crippen LogP contribution in [0.4, 0.5) is 5.69 Å². The van der Waals surface area contributed by atoms with E-state index in [-0.39, 0.29) is 11.8 Å². The summed E-state index contributed by atoms with van der Waals surface area (Å²) in [6.45, 7) is 0. The van der Waals surface area contributed by atoms with E-state index >= 15 is 0 Å². The average molecular weight is 272 g/mol. The first-order valence-corrected chi connectivity index (χ1v) is 8.17. The zero-order valence-electron chi connectivity index (χ0n) is 9.43. The van der Waals surface area contributed by atoms with Crippen LogP contribution in [-0.2, 0) is 10.0 Å². The maximum absolute atomic E-state index is 11.6. The highest BCUT2D eigenvalue weighted by Gasteiger charge is 2.26. The van der Waals surface area contributed by atoms with Crippen LogP contribution in [0.5, 0.6) is 0 Å². The SMILES string of the molecule is Nc1ccc(SCCS(=O)(=O)NC2CC2)cc1. The Hall–Kier alpha value is -0.720. The molecule has 1 aliphatic rings. The van der Waals surface area contributed by atoms with Crippen molar-refractivity contribution in [3.63, 3.8) is 0 Å². The van der Waals surface area contributed by atoms with Crippen LogP contribution >= 0.6 is 11.8 Å². The third-order valence-electron chi connectivity index (χ3n) is 2.42. The zero-order valence-corrected chi connectivity index (χ0v) is 11.1. The van der Waals surface area contributed by atoms with Crippen LogP contribution in [0.1, 0.15) is 12.8 Å². The molecule has 1 aromatic rings. The number of nitrogen functional groups attached to an aromatic ring is 1. The molecule has 2 rings (SSSR count). The van der Waals surface area contributed by atoms with E-state index in [0.29, 0.717) is 5.75 Å². The van der Waals surface area contributed by atoms with Gasteiger partial charge in [0, 0.05) is 22.4 Å². The first-order chi connectivity index (χ1) is 8.05. The largest absolute Gasteiger partial charge is 0.399 e. The van der Waals surface area contributed by atoms with Gasteiger partial charge in [-0.2, -0.15) is 0 Å². The molecule has 0 spiro atoms. The fraction of sp³-hybridized carbons (Fsp3) is 0.455. The monoisotopic (exact) mass is 272 g/mol. The lowest BCUT2D eigenvalue weighted by Gasteiger charge is -2.05. The number of benzene rings is 1. The predicted octanol–water partition coefficient (Wildman–Crippen LogP) is 1.44. The van der Waals surface area contributed by atoms with Crippen LogP contribution in [0.2, 0.25) is 0 Å². The molecule has 3 N–H and O–H groups in total. The van der Waals surface area contributed by atoms with Crippen LogP contribution in [0, 0.1) is 0 Å². The summed E-state index contributed by atoms with van der Waals surface area (Å²) in [5, 5.41) is 0. The van der Waals surface area contributed by atoms with Crippen molar-refractivity contribution in [1.29, 1.82) is 0 Å². The van der Waals surface area contributed by atoms with Crippen LogP contribution in [0.25, 0.3) is 0 Å². The van der Waals surface area contributed by atoms with E-state index in [1.807, 2.05) is 24.3 Å². The topological polar surface area (TPSA) is 72.2 Å². The molecular weight excluding hydrogens is 256 g/mol. The van der Waals surface area contributed by atoms with Crippen LogP contribution < -0.4 is 10.5 Å². The van der Waals surface area contributed by atoms with Crippen molar-refractivity contribution in [1.82, 2.24) is 4.72 Å². The molecular formula is C11H16N2O2S2. The Balaban J connectivity index is 1.76. The molecule has 0 amide bonds. The molecule has 0 unspecified atom stereocenters. The van der Waals surface area contributed by atoms with Crippen molar-refractivity contribution in [2.45, 2.75) is 23.8 Å². The first-order valence-electron chi connectivity index (χ1n) is 5.53. The summed E-state index contributed by atoms with van der Waals surface area (Å²) >= 11 is 1.53. The molecule has 4 nitrogen and oxygen atoms in total. The van der Waals surface area contributed by atoms with Crippen LogP contribution in [0.15, 0.2) is 29.2 Å². The second kappa shape index (κ2) is 5.29. The minimum atomic E-state index is -3.09. The van der Waals surface area contributed by atoms with Gasteiger partial charge in [-0.25, -0.2) is 13.1 Å². The first kappa shape index (κ1) is 12.7. The Kier molecular flexibility index (Phi) is 3.96. The van der Waals surface area contributed by atoms with Crippen molar-refractivity contribution in [3.05, 3.63) is 24.3 Å². The van der Waals surface area contributed by atoms with Crippen molar-refractivity contribution in [2.24, 2.45) is 0 Å². The molecule has 0 bridgehead atoms. The second-order valence-corrected chi connectivity index (χ2v) is 7.17. The van der Waals surface area contributed by atoms with E-state index in [4.69, 9.17) is 5.73 Å². The molecule has 0 aliphatic heterocycles. The lowest BCUT2D eigenvalue weighted by atomic mass is 10.3. The molecule has 0 aromatic heterocycles. The maximum Gasteiger partial charge on any atom is 0.212 e. The molecule has 1 fully saturated rings. The van der Waals surface area contributed by atoms with Gasteiger partial charge in [-0.1, -0.05) is 0 Å². The molecule has 1 saturated carbocycles. The highest BCUT2D eigenvalue weighted by Crippen LogP contribution is 2.21. The van der Waals surface area contributed by atoms with Crippen molar-refractivity contribution in [3.8, 4) is 0 Å². The van der Waals surface area contributed by atoms with E-state index < -0.39 is 10.0 Å². The van der Waals surface area contributed by atoms with Gasteiger partial charge in [0.2, 0.25) is 10.0 Å². The Labute approximate surface area is 106 Å². The van der Waals surface area contributed by atoms with Gasteiger partial charge < -0.3 is 5.73 Å². The molecule has 17 heavy (non-hydrogen) atoms. The lowest BCUT2D eigenvalue weighted by molar-refractivity contribution is 0.582. The van der Waals surface area contributed by atoms with Gasteiger partial charge in [-0.3, -0.25) is 0 Å². The fourth-order valence-electron chi connectivity index (χ4n) is 1.35. The van der Waals surface area contributed by atoms with E-state index in [1.54, 1.807) is 0 Å². The standard InChI is InChI=1S/C11H16N2O2S2/c12-9-1-5-11(6-2-9)16-7-8-17(14,15)13-10-3-4-10/h1-2,5-6,10,13H,3-4,7-8,12H2. The molecule has 0 saturated heterocycles. The Morgan fingerprint density at radius 1 is 1.29 bits per heavy atom. The number of nitrogens with one attached hydrogen (secondary N) is 1. The number of sulfonamides is 1. The van der Waals surface area contributed by atoms with E-state index in [9.17, 15) is 8.42 Å². The molecule has 0 heterocycles. The summed E-state index contributed by atoms with van der Waals surface area (Å²) in [4.78, 5) is 1.04. The van der Waals surface area contributed by atoms with Crippen LogP contribution in [-0.4, -0.2) is 26.0 Å². The van der Waals surface area contributed by atoms with Gasteiger partial charge in [0.15, 0.2) is 0 Å². The molecule has 94 valence electrons. The quantitative estimate of drug-likeness (QED) is 0.607. The minimum Gasteiger partial charge on any atom is -0.399 e. The summed E-state index contributed by atoms with van der Waals surface area (Å²) in [6.07, 6.45) is 1.95. The van der Waals surface area contributed by atoms with E-state index in [1.165, 1.54) is 11.8 Å². The number of hydrogen-bond donors (Lipinski definition) is 2. The summed E-state index contributed by atoms with van der Waals surface area (Å²) in [5.41, 5.74) is 6.29. The predicted molar refractivity (Wildman–Crippen MR) is 71.5 cm³/mol. The van der Waals surface area contributed by atoms with Gasteiger partial charge in [-0.05, 0) is 37.1 Å². The average Bonchev–Trinajstić information content (AvgIpc) is 3.04. The lowest BCUT2D eigenvalue weighted by Crippen LogP contribution is -2.29. The van der Waals surface area contributed by atoms with E-state index in [0.717, 1.165) is 23.4 Å². The Morgan fingerprint density at radius 3 is 2.53 bits per heavy atom. The molecule has 6 heteroatoms. The normalized spacial score (nSPS) is 16.0. The fourth-order valence-corrected chi connectivity index (χ4v) is 3.98. The van der Waals surface area contributed by atoms with Gasteiger partial charge in [0.05, 0.1) is 5.75 Å². The van der Waals surface area contributed by atoms with Gasteiger partial charge in [0.25, 0.3) is 0 Å². The number of anilines is 1. The third-order valence-corrected chi connectivity index (χ3v) is 5.13. The number of hydrogen-bond acceptors (Lipinski definition) is 4. The van der Waals surface area contributed by atoms with Gasteiger partial charge >= 0.3 is 0 Å². The Morgan fingerprint density at radius 2 is 1.94 bits per heavy atom. The molecule has 0 atom stereocenters. The summed E-state index contributed by atoms with van der Waals surface area (Å²) in [7, 11) is -3.09. The number of rotatable bonds is 6. The van der Waals surface area contributed by atoms with Crippen molar-refractivity contribution in [2.75, 3.05) is 17.2 Å². The molecule has 0 radical (unpaired) electrons. The maximum atomic E-state index is 11.6. The summed E-state index contributed by atoms with van der Waals surface area (Å²) < 4.78 is 25.8. The molecule has 1 aromatic carbocycles. The smallest absolute Gasteiger partial charge is 0.212 e. The zero-order chi connectivity index (χ0) is 12.3. The van der Waals surface area contributed by atoms with Crippen LogP contribution in [0.3, 0.4) is 0 Å². The van der Waals surface area contributed by atoms with Gasteiger partial charge in [-0.15, -0.1) is 11.8 Å². The highest BCUT2D eigenvalue weighted by molar-refractivity contribution is 8.00. The third kappa shape index (κ3) is 4.57. The van der Waals surface area contributed by atoms with Gasteiger partial charge in [0.1, 0.15) is 0 Å².